The second-order valence-corrected chi connectivity index (χ2v) is 8.06. The molecular weight excluding hydrogens is 444 g/mol. The second-order valence-electron chi connectivity index (χ2n) is 7.27. The van der Waals surface area contributed by atoms with Gasteiger partial charge >= 0.3 is 0 Å². The van der Waals surface area contributed by atoms with Crippen LogP contribution in [-0.4, -0.2) is 24.7 Å². The first-order valence-corrected chi connectivity index (χ1v) is 11.2. The van der Waals surface area contributed by atoms with Gasteiger partial charge in [0.1, 0.15) is 21.4 Å². The van der Waals surface area contributed by atoms with E-state index in [0.717, 1.165) is 42.5 Å². The molecule has 0 saturated carbocycles. The van der Waals surface area contributed by atoms with Gasteiger partial charge in [0.2, 0.25) is 5.43 Å². The van der Waals surface area contributed by atoms with Gasteiger partial charge in [-0.15, -0.1) is 0 Å². The van der Waals surface area contributed by atoms with Crippen molar-refractivity contribution in [2.75, 3.05) is 24.6 Å². The molecule has 5 nitrogen and oxygen atoms in total. The predicted octanol–water partition coefficient (Wildman–Crippen LogP) is 6.23. The molecule has 1 aliphatic heterocycles. The van der Waals surface area contributed by atoms with Gasteiger partial charge in [0, 0.05) is 35.6 Å². The largest absolute Gasteiger partial charge is 0.494 e. The van der Waals surface area contributed by atoms with Crippen molar-refractivity contribution in [1.29, 1.82) is 0 Å². The molecule has 156 valence electrons. The van der Waals surface area contributed by atoms with Crippen LogP contribution in [0.25, 0.3) is 33.3 Å². The van der Waals surface area contributed by atoms with Crippen LogP contribution in [-0.2, 0) is 0 Å². The zero-order valence-corrected chi connectivity index (χ0v) is 19.1. The molecule has 0 fully saturated rings. The molecule has 0 unspecified atom stereocenters. The van der Waals surface area contributed by atoms with Crippen molar-refractivity contribution in [1.82, 2.24) is 4.98 Å². The molecule has 30 heavy (non-hydrogen) atoms. The number of anilines is 1. The van der Waals surface area contributed by atoms with Gasteiger partial charge < -0.3 is 14.1 Å². The molecule has 0 amide bonds. The quantitative estimate of drug-likeness (QED) is 0.182. The lowest BCUT2D eigenvalue weighted by molar-refractivity contribution is 0.310. The van der Waals surface area contributed by atoms with Crippen LogP contribution in [0.1, 0.15) is 33.6 Å². The van der Waals surface area contributed by atoms with E-state index in [1.807, 2.05) is 24.3 Å². The fourth-order valence-corrected chi connectivity index (χ4v) is 4.17. The van der Waals surface area contributed by atoms with Crippen LogP contribution in [0, 0.1) is 0 Å². The van der Waals surface area contributed by atoms with E-state index in [9.17, 15) is 4.79 Å². The number of nitrogens with zero attached hydrogens (tertiary/aromatic N) is 2. The summed E-state index contributed by atoms with van der Waals surface area (Å²) in [6, 6.07) is 11.6. The minimum absolute atomic E-state index is 0.122. The lowest BCUT2D eigenvalue weighted by Gasteiger charge is -2.21. The summed E-state index contributed by atoms with van der Waals surface area (Å²) in [5.41, 5.74) is 3.04. The van der Waals surface area contributed by atoms with Crippen molar-refractivity contribution in [3.63, 3.8) is 0 Å². The zero-order valence-electron chi connectivity index (χ0n) is 17.5. The summed E-state index contributed by atoms with van der Waals surface area (Å²) >= 11 is 3.45. The summed E-state index contributed by atoms with van der Waals surface area (Å²) < 4.78 is 12.4. The summed E-state index contributed by atoms with van der Waals surface area (Å²) in [5.74, 6) is 1.16. The average molecular weight is 469 g/mol. The maximum absolute atomic E-state index is 13.0. The van der Waals surface area contributed by atoms with Gasteiger partial charge in [-0.3, -0.25) is 4.79 Å². The standard InChI is InChI=1S/C24H25BrN2O3/c1-4-7-12-29-16-9-10-17-18(14-16)23(28)21(25)24-22(17)26-19-11-8-15(13-20(19)30-24)27(5-2)6-3/h8-11,13-14H,4-7,12H2,1-3H3. The van der Waals surface area contributed by atoms with Crippen LogP contribution >= 0.6 is 15.9 Å². The van der Waals surface area contributed by atoms with Crippen LogP contribution in [0.2, 0.25) is 0 Å². The van der Waals surface area contributed by atoms with Crippen molar-refractivity contribution in [3.8, 4) is 17.2 Å². The van der Waals surface area contributed by atoms with E-state index in [1.165, 1.54) is 0 Å². The molecular formula is C24H25BrN2O3. The Kier molecular flexibility index (Phi) is 5.95. The van der Waals surface area contributed by atoms with Gasteiger partial charge in [-0.05, 0) is 66.5 Å². The minimum Gasteiger partial charge on any atom is -0.494 e. The number of benzene rings is 3. The molecule has 4 rings (SSSR count). The molecule has 6 heteroatoms. The summed E-state index contributed by atoms with van der Waals surface area (Å²) in [4.78, 5) is 20.1. The highest BCUT2D eigenvalue weighted by Crippen LogP contribution is 2.37. The Morgan fingerprint density at radius 1 is 1.07 bits per heavy atom. The molecule has 2 aromatic carbocycles. The predicted molar refractivity (Wildman–Crippen MR) is 126 cm³/mol. The normalized spacial score (nSPS) is 11.5. The summed E-state index contributed by atoms with van der Waals surface area (Å²) in [6.45, 7) is 8.81. The summed E-state index contributed by atoms with van der Waals surface area (Å²) in [5, 5.41) is 1.34. The highest BCUT2D eigenvalue weighted by molar-refractivity contribution is 9.10. The van der Waals surface area contributed by atoms with Crippen molar-refractivity contribution in [3.05, 3.63) is 51.1 Å². The number of halogens is 1. The van der Waals surface area contributed by atoms with Gasteiger partial charge in [0.05, 0.1) is 6.61 Å². The average Bonchev–Trinajstić information content (AvgIpc) is 2.77. The van der Waals surface area contributed by atoms with Crippen molar-refractivity contribution < 1.29 is 9.15 Å². The SMILES string of the molecule is CCCCOc1ccc2c3nc4ccc(N(CC)CC)cc4oc-3c(Br)c(=O)c2c1. The number of aromatic nitrogens is 1. The van der Waals surface area contributed by atoms with Crippen molar-refractivity contribution in [2.24, 2.45) is 0 Å². The van der Waals surface area contributed by atoms with E-state index >= 15 is 0 Å². The second kappa shape index (κ2) is 8.64. The van der Waals surface area contributed by atoms with Crippen LogP contribution in [0.5, 0.6) is 5.75 Å². The van der Waals surface area contributed by atoms with E-state index in [2.05, 4.69) is 47.7 Å². The minimum atomic E-state index is -0.122. The number of rotatable bonds is 7. The highest BCUT2D eigenvalue weighted by atomic mass is 79.9. The third-order valence-electron chi connectivity index (χ3n) is 5.39. The van der Waals surface area contributed by atoms with Crippen LogP contribution in [0.4, 0.5) is 5.69 Å². The first-order valence-electron chi connectivity index (χ1n) is 10.4. The molecule has 0 bridgehead atoms. The van der Waals surface area contributed by atoms with Gasteiger partial charge in [-0.1, -0.05) is 13.3 Å². The Hall–Kier alpha value is -2.60. The number of ether oxygens (including phenoxy) is 1. The molecule has 1 heterocycles. The number of fused-ring (bicyclic) bond motifs is 4. The molecule has 2 aliphatic rings. The Bertz CT molecular complexity index is 1230. The Morgan fingerprint density at radius 2 is 1.87 bits per heavy atom. The first-order chi connectivity index (χ1) is 14.6. The van der Waals surface area contributed by atoms with E-state index in [1.54, 1.807) is 6.07 Å². The molecule has 0 saturated heterocycles. The highest BCUT2D eigenvalue weighted by Gasteiger charge is 2.21. The smallest absolute Gasteiger partial charge is 0.204 e. The summed E-state index contributed by atoms with van der Waals surface area (Å²) in [6.07, 6.45) is 2.04. The first kappa shape index (κ1) is 20.7. The Morgan fingerprint density at radius 3 is 2.60 bits per heavy atom. The van der Waals surface area contributed by atoms with Crippen molar-refractivity contribution in [2.45, 2.75) is 33.6 Å². The molecule has 0 aromatic heterocycles. The monoisotopic (exact) mass is 468 g/mol. The number of unbranched alkanes of at least 4 members (excludes halogenated alkanes) is 1. The van der Waals surface area contributed by atoms with E-state index < -0.39 is 0 Å². The van der Waals surface area contributed by atoms with E-state index in [4.69, 9.17) is 14.1 Å². The summed E-state index contributed by atoms with van der Waals surface area (Å²) in [7, 11) is 0. The lowest BCUT2D eigenvalue weighted by atomic mass is 10.0. The molecule has 1 aliphatic carbocycles. The molecule has 0 spiro atoms. The fourth-order valence-electron chi connectivity index (χ4n) is 3.69. The molecule has 0 N–H and O–H groups in total. The Labute approximate surface area is 184 Å². The van der Waals surface area contributed by atoms with E-state index in [-0.39, 0.29) is 5.43 Å². The maximum Gasteiger partial charge on any atom is 0.204 e. The third kappa shape index (κ3) is 3.65. The zero-order chi connectivity index (χ0) is 21.3. The maximum atomic E-state index is 13.0. The molecule has 0 radical (unpaired) electrons. The molecule has 0 atom stereocenters. The third-order valence-corrected chi connectivity index (χ3v) is 6.11. The number of hydrogen-bond acceptors (Lipinski definition) is 5. The van der Waals surface area contributed by atoms with Crippen LogP contribution in [0.15, 0.2) is 50.1 Å². The lowest BCUT2D eigenvalue weighted by Crippen LogP contribution is -2.21. The van der Waals surface area contributed by atoms with Crippen molar-refractivity contribution >= 4 is 43.5 Å². The topological polar surface area (TPSA) is 55.6 Å². The van der Waals surface area contributed by atoms with Gasteiger partial charge in [-0.2, -0.15) is 0 Å². The van der Waals surface area contributed by atoms with Crippen LogP contribution < -0.4 is 15.1 Å². The van der Waals surface area contributed by atoms with Gasteiger partial charge in [0.25, 0.3) is 0 Å². The Balaban J connectivity index is 1.90. The van der Waals surface area contributed by atoms with Gasteiger partial charge in [0.15, 0.2) is 11.3 Å². The molecule has 2 aromatic rings. The number of hydrogen-bond donors (Lipinski definition) is 0. The van der Waals surface area contributed by atoms with E-state index in [0.29, 0.717) is 39.3 Å². The van der Waals surface area contributed by atoms with Crippen LogP contribution in [0.3, 0.4) is 0 Å². The fraction of sp³-hybridized carbons (Fsp3) is 0.333. The van der Waals surface area contributed by atoms with Gasteiger partial charge in [-0.25, -0.2) is 4.98 Å².